The quantitative estimate of drug-likeness (QED) is 0.818. The zero-order valence-electron chi connectivity index (χ0n) is 13.6. The van der Waals surface area contributed by atoms with Gasteiger partial charge in [0.05, 0.1) is 16.1 Å². The lowest BCUT2D eigenvalue weighted by atomic mass is 10.1. The summed E-state index contributed by atoms with van der Waals surface area (Å²) in [6.07, 6.45) is -1.50. The molecular weight excluding hydrogens is 357 g/mol. The summed E-state index contributed by atoms with van der Waals surface area (Å²) in [4.78, 5) is 13.8. The van der Waals surface area contributed by atoms with Crippen molar-refractivity contribution < 1.29 is 23.1 Å². The fraction of sp³-hybridized carbons (Fsp3) is 0.294. The van der Waals surface area contributed by atoms with Crippen molar-refractivity contribution in [1.29, 1.82) is 0 Å². The molecule has 1 heterocycles. The van der Waals surface area contributed by atoms with Crippen molar-refractivity contribution in [2.75, 3.05) is 0 Å². The van der Waals surface area contributed by atoms with E-state index in [9.17, 15) is 18.0 Å². The van der Waals surface area contributed by atoms with E-state index in [1.165, 1.54) is 30.6 Å². The van der Waals surface area contributed by atoms with Crippen LogP contribution in [0.5, 0.6) is 0 Å². The van der Waals surface area contributed by atoms with Crippen molar-refractivity contribution in [3.05, 3.63) is 64.4 Å². The predicted octanol–water partition coefficient (Wildman–Crippen LogP) is 4.64. The van der Waals surface area contributed by atoms with Crippen molar-refractivity contribution in [2.45, 2.75) is 32.6 Å². The topological polar surface area (TPSA) is 62.2 Å². The minimum Gasteiger partial charge on any atom is -0.478 e. The Morgan fingerprint density at radius 2 is 1.84 bits per heavy atom. The third kappa shape index (κ3) is 7.53. The molecule has 4 nitrogen and oxygen atoms in total. The van der Waals surface area contributed by atoms with E-state index >= 15 is 0 Å². The number of hydrogen-bond donors (Lipinski definition) is 2. The van der Waals surface area contributed by atoms with Crippen LogP contribution in [0.25, 0.3) is 0 Å². The smallest absolute Gasteiger partial charge is 0.417 e. The molecule has 0 saturated heterocycles. The van der Waals surface area contributed by atoms with Gasteiger partial charge in [-0.3, -0.25) is 4.98 Å². The Morgan fingerprint density at radius 1 is 1.24 bits per heavy atom. The molecule has 1 aromatic carbocycles. The molecule has 0 amide bonds. The van der Waals surface area contributed by atoms with Crippen molar-refractivity contribution in [3.63, 3.8) is 0 Å². The molecule has 2 aromatic rings. The van der Waals surface area contributed by atoms with Crippen LogP contribution in [0.2, 0.25) is 5.02 Å². The van der Waals surface area contributed by atoms with Crippen LogP contribution in [0.1, 0.15) is 35.3 Å². The van der Waals surface area contributed by atoms with E-state index in [1.807, 2.05) is 13.8 Å². The molecule has 0 atom stereocenters. The van der Waals surface area contributed by atoms with Crippen molar-refractivity contribution in [2.24, 2.45) is 0 Å². The van der Waals surface area contributed by atoms with Gasteiger partial charge in [-0.1, -0.05) is 31.5 Å². The van der Waals surface area contributed by atoms with Crippen molar-refractivity contribution in [3.8, 4) is 0 Å². The predicted molar refractivity (Wildman–Crippen MR) is 89.6 cm³/mol. The monoisotopic (exact) mass is 374 g/mol. The number of benzene rings is 1. The van der Waals surface area contributed by atoms with Crippen molar-refractivity contribution >= 4 is 17.6 Å². The molecule has 2 rings (SSSR count). The molecule has 0 radical (unpaired) electrons. The van der Waals surface area contributed by atoms with Gasteiger partial charge in [0.15, 0.2) is 0 Å². The molecular formula is C17H18ClF3N2O2. The third-order valence-corrected chi connectivity index (χ3v) is 3.31. The van der Waals surface area contributed by atoms with E-state index < -0.39 is 17.7 Å². The van der Waals surface area contributed by atoms with Crippen LogP contribution in [0.15, 0.2) is 42.7 Å². The molecule has 0 bridgehead atoms. The lowest BCUT2D eigenvalue weighted by Crippen LogP contribution is -2.22. The standard InChI is InChI=1S/C11H13ClF3N.C6H5NO2/c1-7(2)16-6-8-3-4-10(12)9(5-8)11(13,14)15;8-6(9)5-1-3-7-4-2-5/h3-5,7,16H,6H2,1-2H3;1-4H,(H,8,9). The fourth-order valence-electron chi connectivity index (χ4n) is 1.72. The average Bonchev–Trinajstić information content (AvgIpc) is 2.54. The van der Waals surface area contributed by atoms with E-state index in [0.717, 1.165) is 6.07 Å². The van der Waals surface area contributed by atoms with Crippen LogP contribution in [0.3, 0.4) is 0 Å². The van der Waals surface area contributed by atoms with Gasteiger partial charge in [0.1, 0.15) is 0 Å². The summed E-state index contributed by atoms with van der Waals surface area (Å²) in [5.41, 5.74) is 0.0626. The summed E-state index contributed by atoms with van der Waals surface area (Å²) >= 11 is 5.50. The third-order valence-electron chi connectivity index (χ3n) is 2.98. The maximum atomic E-state index is 12.5. The Labute approximate surface area is 148 Å². The Kier molecular flexibility index (Phi) is 7.86. The Bertz CT molecular complexity index is 692. The van der Waals surface area contributed by atoms with Gasteiger partial charge in [0, 0.05) is 25.0 Å². The largest absolute Gasteiger partial charge is 0.478 e. The molecule has 0 unspecified atom stereocenters. The normalized spacial score (nSPS) is 11.0. The molecule has 1 aromatic heterocycles. The lowest BCUT2D eigenvalue weighted by molar-refractivity contribution is -0.137. The number of hydrogen-bond acceptors (Lipinski definition) is 3. The van der Waals surface area contributed by atoms with Gasteiger partial charge in [0.25, 0.3) is 0 Å². The van der Waals surface area contributed by atoms with Gasteiger partial charge < -0.3 is 10.4 Å². The van der Waals surface area contributed by atoms with E-state index in [0.29, 0.717) is 12.1 Å². The van der Waals surface area contributed by atoms with E-state index in [-0.39, 0.29) is 16.6 Å². The second-order valence-electron chi connectivity index (χ2n) is 5.39. The van der Waals surface area contributed by atoms with Gasteiger partial charge in [-0.25, -0.2) is 4.79 Å². The molecule has 2 N–H and O–H groups in total. The van der Waals surface area contributed by atoms with Crippen LogP contribution in [-0.2, 0) is 12.7 Å². The first-order chi connectivity index (χ1) is 11.6. The number of carboxylic acid groups (broad SMARTS) is 1. The molecule has 25 heavy (non-hydrogen) atoms. The minimum absolute atomic E-state index is 0.227. The highest BCUT2D eigenvalue weighted by atomic mass is 35.5. The van der Waals surface area contributed by atoms with Crippen LogP contribution < -0.4 is 5.32 Å². The maximum Gasteiger partial charge on any atom is 0.417 e. The number of halogens is 4. The zero-order valence-corrected chi connectivity index (χ0v) is 14.4. The number of nitrogens with zero attached hydrogens (tertiary/aromatic N) is 1. The number of carboxylic acids is 1. The van der Waals surface area contributed by atoms with Crippen molar-refractivity contribution in [1.82, 2.24) is 10.3 Å². The zero-order chi connectivity index (χ0) is 19.0. The van der Waals surface area contributed by atoms with Crippen LogP contribution in [0.4, 0.5) is 13.2 Å². The summed E-state index contributed by atoms with van der Waals surface area (Å²) in [7, 11) is 0. The second-order valence-corrected chi connectivity index (χ2v) is 5.80. The average molecular weight is 375 g/mol. The van der Waals surface area contributed by atoms with Gasteiger partial charge in [-0.15, -0.1) is 0 Å². The van der Waals surface area contributed by atoms with Crippen LogP contribution >= 0.6 is 11.6 Å². The SMILES string of the molecule is CC(C)NCc1ccc(Cl)c(C(F)(F)F)c1.O=C(O)c1ccncc1. The molecule has 0 fully saturated rings. The molecule has 0 aliphatic rings. The van der Waals surface area contributed by atoms with E-state index in [1.54, 1.807) is 6.07 Å². The van der Waals surface area contributed by atoms with Gasteiger partial charge in [-0.05, 0) is 29.8 Å². The Hall–Kier alpha value is -2.12. The molecule has 0 aliphatic heterocycles. The molecule has 0 spiro atoms. The number of aromatic carboxylic acids is 1. The van der Waals surface area contributed by atoms with Gasteiger partial charge >= 0.3 is 12.1 Å². The first kappa shape index (κ1) is 20.9. The highest BCUT2D eigenvalue weighted by molar-refractivity contribution is 6.31. The van der Waals surface area contributed by atoms with E-state index in [2.05, 4.69) is 10.3 Å². The van der Waals surface area contributed by atoms with Gasteiger partial charge in [0.2, 0.25) is 0 Å². The number of alkyl halides is 3. The van der Waals surface area contributed by atoms with Gasteiger partial charge in [-0.2, -0.15) is 13.2 Å². The first-order valence-electron chi connectivity index (χ1n) is 7.33. The highest BCUT2D eigenvalue weighted by Crippen LogP contribution is 2.35. The summed E-state index contributed by atoms with van der Waals surface area (Å²) in [6, 6.07) is 7.07. The second kappa shape index (κ2) is 9.39. The number of aromatic nitrogens is 1. The maximum absolute atomic E-state index is 12.5. The van der Waals surface area contributed by atoms with Crippen LogP contribution in [-0.4, -0.2) is 22.1 Å². The first-order valence-corrected chi connectivity index (χ1v) is 7.71. The molecule has 136 valence electrons. The minimum atomic E-state index is -4.40. The fourth-order valence-corrected chi connectivity index (χ4v) is 1.94. The summed E-state index contributed by atoms with van der Waals surface area (Å²) in [5, 5.41) is 11.1. The summed E-state index contributed by atoms with van der Waals surface area (Å²) in [5.74, 6) is -0.919. The molecule has 0 saturated carbocycles. The number of carbonyl (C=O) groups is 1. The Balaban J connectivity index is 0.000000293. The van der Waals surface area contributed by atoms with E-state index in [4.69, 9.17) is 16.7 Å². The lowest BCUT2D eigenvalue weighted by Gasteiger charge is -2.12. The summed E-state index contributed by atoms with van der Waals surface area (Å²) in [6.45, 7) is 4.26. The number of pyridine rings is 1. The summed E-state index contributed by atoms with van der Waals surface area (Å²) < 4.78 is 37.6. The highest BCUT2D eigenvalue weighted by Gasteiger charge is 2.33. The molecule has 8 heteroatoms. The Morgan fingerprint density at radius 3 is 2.28 bits per heavy atom. The number of rotatable bonds is 4. The number of nitrogens with one attached hydrogen (secondary N) is 1. The van der Waals surface area contributed by atoms with Crippen LogP contribution in [0, 0.1) is 0 Å². The molecule has 0 aliphatic carbocycles.